The van der Waals surface area contributed by atoms with Gasteiger partial charge < -0.3 is 10.2 Å². The van der Waals surface area contributed by atoms with E-state index in [0.717, 1.165) is 18.2 Å². The first-order valence-corrected chi connectivity index (χ1v) is 14.5. The summed E-state index contributed by atoms with van der Waals surface area (Å²) in [5.74, 6) is -0.537. The van der Waals surface area contributed by atoms with Gasteiger partial charge in [-0.1, -0.05) is 53.9 Å². The summed E-state index contributed by atoms with van der Waals surface area (Å²) >= 11 is 12.4. The molecule has 0 unspecified atom stereocenters. The number of nitrogens with zero attached hydrogens (tertiary/aromatic N) is 2. The van der Waals surface area contributed by atoms with Gasteiger partial charge in [0.1, 0.15) is 6.04 Å². The van der Waals surface area contributed by atoms with Crippen LogP contribution in [0.2, 0.25) is 10.0 Å². The molecule has 2 aromatic rings. The van der Waals surface area contributed by atoms with Gasteiger partial charge in [0.25, 0.3) is 0 Å². The molecule has 10 heteroatoms. The Kier molecular flexibility index (Phi) is 11.1. The lowest BCUT2D eigenvalue weighted by molar-refractivity contribution is -0.140. The van der Waals surface area contributed by atoms with Crippen molar-refractivity contribution in [1.29, 1.82) is 0 Å². The Labute approximate surface area is 224 Å². The predicted octanol–water partition coefficient (Wildman–Crippen LogP) is 5.18. The number of anilines is 1. The lowest BCUT2D eigenvalue weighted by Gasteiger charge is -2.30. The molecule has 0 aliphatic heterocycles. The minimum atomic E-state index is -3.54. The first kappa shape index (κ1) is 29.9. The summed E-state index contributed by atoms with van der Waals surface area (Å²) in [7, 11) is -3.54. The van der Waals surface area contributed by atoms with E-state index in [4.69, 9.17) is 23.2 Å². The normalized spacial score (nSPS) is 13.1. The van der Waals surface area contributed by atoms with Crippen LogP contribution < -0.4 is 9.62 Å². The summed E-state index contributed by atoms with van der Waals surface area (Å²) in [5.41, 5.74) is 2.22. The molecular weight excluding hydrogens is 521 g/mol. The average Bonchev–Trinajstić information content (AvgIpc) is 2.80. The van der Waals surface area contributed by atoms with Crippen LogP contribution in [0, 0.1) is 6.92 Å². The highest BCUT2D eigenvalue weighted by Gasteiger charge is 2.27. The molecule has 198 valence electrons. The monoisotopic (exact) mass is 555 g/mol. The smallest absolute Gasteiger partial charge is 0.242 e. The van der Waals surface area contributed by atoms with Gasteiger partial charge in [0.05, 0.1) is 11.9 Å². The zero-order valence-electron chi connectivity index (χ0n) is 21.4. The van der Waals surface area contributed by atoms with E-state index in [1.54, 1.807) is 37.3 Å². The number of rotatable bonds is 12. The molecule has 0 spiro atoms. The van der Waals surface area contributed by atoms with E-state index < -0.39 is 16.1 Å². The first-order chi connectivity index (χ1) is 16.8. The van der Waals surface area contributed by atoms with Gasteiger partial charge in [0, 0.05) is 35.6 Å². The summed E-state index contributed by atoms with van der Waals surface area (Å²) in [6, 6.07) is 11.4. The molecule has 0 aliphatic rings. The van der Waals surface area contributed by atoms with E-state index in [1.807, 2.05) is 32.9 Å². The van der Waals surface area contributed by atoms with E-state index >= 15 is 0 Å². The highest BCUT2D eigenvalue weighted by molar-refractivity contribution is 7.92. The number of carbonyl (C=O) groups excluding carboxylic acids is 2. The minimum absolute atomic E-state index is 0.0335. The third-order valence-electron chi connectivity index (χ3n) is 6.00. The van der Waals surface area contributed by atoms with Gasteiger partial charge in [-0.15, -0.1) is 0 Å². The van der Waals surface area contributed by atoms with Gasteiger partial charge in [-0.05, 0) is 63.4 Å². The molecule has 0 saturated carbocycles. The number of sulfonamides is 1. The van der Waals surface area contributed by atoms with E-state index in [0.29, 0.717) is 21.3 Å². The highest BCUT2D eigenvalue weighted by atomic mass is 35.5. The molecule has 1 N–H and O–H groups in total. The van der Waals surface area contributed by atoms with Gasteiger partial charge >= 0.3 is 0 Å². The van der Waals surface area contributed by atoms with Gasteiger partial charge in [0.15, 0.2) is 0 Å². The van der Waals surface area contributed by atoms with Crippen molar-refractivity contribution >= 4 is 50.7 Å². The molecule has 0 aromatic heterocycles. The van der Waals surface area contributed by atoms with Crippen LogP contribution in [0.15, 0.2) is 42.5 Å². The molecule has 2 rings (SSSR count). The molecule has 0 saturated heterocycles. The third kappa shape index (κ3) is 8.68. The molecular formula is C26H35Cl2N3O4S. The highest BCUT2D eigenvalue weighted by Crippen LogP contribution is 2.24. The molecule has 0 heterocycles. The molecule has 36 heavy (non-hydrogen) atoms. The molecule has 7 nitrogen and oxygen atoms in total. The standard InChI is InChI=1S/C26H35Cl2N3O4S/c1-6-19(3)29-26(33)20(4)30(17-21-11-12-22(27)16-24(21)28)25(32)8-7-15-31(36(5,34)35)23-13-9-18(2)10-14-23/h9-14,16,19-20H,6-8,15,17H2,1-5H3,(H,29,33)/t19-,20+/m1/s1. The van der Waals surface area contributed by atoms with E-state index in [9.17, 15) is 18.0 Å². The summed E-state index contributed by atoms with van der Waals surface area (Å²) in [6.07, 6.45) is 2.24. The maximum absolute atomic E-state index is 13.3. The van der Waals surface area contributed by atoms with Crippen LogP contribution in [0.4, 0.5) is 5.69 Å². The summed E-state index contributed by atoms with van der Waals surface area (Å²) in [6.45, 7) is 7.72. The minimum Gasteiger partial charge on any atom is -0.352 e. The molecule has 0 fully saturated rings. The van der Waals surface area contributed by atoms with Crippen molar-refractivity contribution in [3.05, 3.63) is 63.6 Å². The van der Waals surface area contributed by atoms with Gasteiger partial charge in [-0.2, -0.15) is 0 Å². The van der Waals surface area contributed by atoms with Crippen LogP contribution in [0.1, 0.15) is 51.2 Å². The zero-order chi connectivity index (χ0) is 27.0. The Morgan fingerprint density at radius 3 is 2.25 bits per heavy atom. The van der Waals surface area contributed by atoms with Gasteiger partial charge in [0.2, 0.25) is 21.8 Å². The molecule has 0 bridgehead atoms. The van der Waals surface area contributed by atoms with Crippen molar-refractivity contribution in [1.82, 2.24) is 10.2 Å². The average molecular weight is 557 g/mol. The number of hydrogen-bond donors (Lipinski definition) is 1. The quantitative estimate of drug-likeness (QED) is 0.391. The Bertz CT molecular complexity index is 1160. The molecule has 0 aliphatic carbocycles. The number of carbonyl (C=O) groups is 2. The fourth-order valence-corrected chi connectivity index (χ4v) is 5.03. The van der Waals surface area contributed by atoms with Crippen LogP contribution in [0.5, 0.6) is 0 Å². The SMILES string of the molecule is CC[C@@H](C)NC(=O)[C@H](C)N(Cc1ccc(Cl)cc1Cl)C(=O)CCCN(c1ccc(C)cc1)S(C)(=O)=O. The second kappa shape index (κ2) is 13.3. The Hall–Kier alpha value is -2.29. The van der Waals surface area contributed by atoms with Crippen molar-refractivity contribution in [3.63, 3.8) is 0 Å². The Balaban J connectivity index is 2.20. The van der Waals surface area contributed by atoms with Crippen molar-refractivity contribution in [2.75, 3.05) is 17.1 Å². The summed E-state index contributed by atoms with van der Waals surface area (Å²) in [5, 5.41) is 3.79. The second-order valence-electron chi connectivity index (χ2n) is 9.03. The van der Waals surface area contributed by atoms with Crippen LogP contribution >= 0.6 is 23.2 Å². The summed E-state index contributed by atoms with van der Waals surface area (Å²) < 4.78 is 26.1. The van der Waals surface area contributed by atoms with E-state index in [1.165, 1.54) is 9.21 Å². The topological polar surface area (TPSA) is 86.8 Å². The number of aryl methyl sites for hydroxylation is 1. The number of benzene rings is 2. The summed E-state index contributed by atoms with van der Waals surface area (Å²) in [4.78, 5) is 27.7. The molecule has 2 aromatic carbocycles. The van der Waals surface area contributed by atoms with Gasteiger partial charge in [-0.3, -0.25) is 13.9 Å². The largest absolute Gasteiger partial charge is 0.352 e. The fraction of sp³-hybridized carbons (Fsp3) is 0.462. The Morgan fingerprint density at radius 1 is 1.06 bits per heavy atom. The maximum atomic E-state index is 13.3. The Morgan fingerprint density at radius 2 is 1.69 bits per heavy atom. The van der Waals surface area contributed by atoms with E-state index in [2.05, 4.69) is 5.32 Å². The molecule has 2 amide bonds. The van der Waals surface area contributed by atoms with E-state index in [-0.39, 0.29) is 43.8 Å². The number of nitrogens with one attached hydrogen (secondary N) is 1. The van der Waals surface area contributed by atoms with Crippen LogP contribution in [0.25, 0.3) is 0 Å². The van der Waals surface area contributed by atoms with Crippen LogP contribution in [-0.4, -0.2) is 50.0 Å². The van der Waals surface area contributed by atoms with Crippen molar-refractivity contribution in [3.8, 4) is 0 Å². The van der Waals surface area contributed by atoms with Crippen LogP contribution in [-0.2, 0) is 26.2 Å². The van der Waals surface area contributed by atoms with Crippen molar-refractivity contribution < 1.29 is 18.0 Å². The second-order valence-corrected chi connectivity index (χ2v) is 11.8. The van der Waals surface area contributed by atoms with Crippen molar-refractivity contribution in [2.45, 2.75) is 65.6 Å². The first-order valence-electron chi connectivity index (χ1n) is 11.9. The van der Waals surface area contributed by atoms with Crippen molar-refractivity contribution in [2.24, 2.45) is 0 Å². The third-order valence-corrected chi connectivity index (χ3v) is 7.78. The number of halogens is 2. The number of amides is 2. The van der Waals surface area contributed by atoms with Crippen LogP contribution in [0.3, 0.4) is 0 Å². The predicted molar refractivity (Wildman–Crippen MR) is 147 cm³/mol. The molecule has 2 atom stereocenters. The van der Waals surface area contributed by atoms with Gasteiger partial charge in [-0.25, -0.2) is 8.42 Å². The fourth-order valence-electron chi connectivity index (χ4n) is 3.60. The number of hydrogen-bond acceptors (Lipinski definition) is 4. The lowest BCUT2D eigenvalue weighted by Crippen LogP contribution is -2.49. The lowest BCUT2D eigenvalue weighted by atomic mass is 10.1. The zero-order valence-corrected chi connectivity index (χ0v) is 23.8. The molecule has 0 radical (unpaired) electrons. The maximum Gasteiger partial charge on any atom is 0.242 e.